The summed E-state index contributed by atoms with van der Waals surface area (Å²) in [7, 11) is -3.45. The second-order valence-electron chi connectivity index (χ2n) is 3.12. The SMILES string of the molecule is CCCNS(=O)(=O)Nc1ccc(N)cc1. The van der Waals surface area contributed by atoms with Crippen molar-refractivity contribution in [2.24, 2.45) is 0 Å². The Morgan fingerprint density at radius 2 is 1.87 bits per heavy atom. The van der Waals surface area contributed by atoms with Crippen LogP contribution in [0, 0.1) is 0 Å². The molecule has 0 atom stereocenters. The van der Waals surface area contributed by atoms with E-state index in [4.69, 9.17) is 5.73 Å². The van der Waals surface area contributed by atoms with Crippen molar-refractivity contribution in [2.45, 2.75) is 13.3 Å². The Labute approximate surface area is 89.9 Å². The summed E-state index contributed by atoms with van der Waals surface area (Å²) < 4.78 is 27.6. The first kappa shape index (κ1) is 11.8. The molecule has 1 aromatic carbocycles. The van der Waals surface area contributed by atoms with Gasteiger partial charge in [-0.3, -0.25) is 4.72 Å². The summed E-state index contributed by atoms with van der Waals surface area (Å²) in [5, 5.41) is 0. The Balaban J connectivity index is 2.65. The number of anilines is 2. The molecule has 0 heterocycles. The van der Waals surface area contributed by atoms with Gasteiger partial charge in [-0.2, -0.15) is 13.1 Å². The first-order chi connectivity index (χ1) is 7.03. The second-order valence-corrected chi connectivity index (χ2v) is 4.62. The normalized spacial score (nSPS) is 11.3. The number of hydrogen-bond donors (Lipinski definition) is 3. The van der Waals surface area contributed by atoms with Gasteiger partial charge in [-0.1, -0.05) is 6.92 Å². The zero-order valence-corrected chi connectivity index (χ0v) is 9.34. The summed E-state index contributed by atoms with van der Waals surface area (Å²) in [5.41, 5.74) is 6.57. The van der Waals surface area contributed by atoms with Gasteiger partial charge in [0.05, 0.1) is 0 Å². The van der Waals surface area contributed by atoms with Crippen molar-refractivity contribution < 1.29 is 8.42 Å². The van der Waals surface area contributed by atoms with E-state index in [1.807, 2.05) is 6.92 Å². The highest BCUT2D eigenvalue weighted by molar-refractivity contribution is 7.90. The van der Waals surface area contributed by atoms with E-state index in [9.17, 15) is 8.42 Å². The average Bonchev–Trinajstić information content (AvgIpc) is 2.18. The molecule has 1 rings (SSSR count). The van der Waals surface area contributed by atoms with Crippen molar-refractivity contribution in [3.05, 3.63) is 24.3 Å². The molecule has 4 N–H and O–H groups in total. The lowest BCUT2D eigenvalue weighted by molar-refractivity contribution is 0.586. The molecule has 0 spiro atoms. The van der Waals surface area contributed by atoms with Crippen molar-refractivity contribution in [1.29, 1.82) is 0 Å². The average molecular weight is 229 g/mol. The fraction of sp³-hybridized carbons (Fsp3) is 0.333. The number of hydrogen-bond acceptors (Lipinski definition) is 3. The van der Waals surface area contributed by atoms with E-state index in [-0.39, 0.29) is 0 Å². The zero-order valence-electron chi connectivity index (χ0n) is 8.53. The summed E-state index contributed by atoms with van der Waals surface area (Å²) in [4.78, 5) is 0. The van der Waals surface area contributed by atoms with Gasteiger partial charge in [-0.25, -0.2) is 0 Å². The lowest BCUT2D eigenvalue weighted by Gasteiger charge is -2.08. The monoisotopic (exact) mass is 229 g/mol. The van der Waals surface area contributed by atoms with Crippen molar-refractivity contribution >= 4 is 21.6 Å². The minimum absolute atomic E-state index is 0.421. The zero-order chi connectivity index (χ0) is 11.3. The quantitative estimate of drug-likeness (QED) is 0.656. The van der Waals surface area contributed by atoms with E-state index < -0.39 is 10.2 Å². The molecule has 1 aromatic rings. The fourth-order valence-electron chi connectivity index (χ4n) is 0.979. The minimum atomic E-state index is -3.45. The summed E-state index contributed by atoms with van der Waals surface area (Å²) in [6.07, 6.45) is 0.753. The van der Waals surface area contributed by atoms with Gasteiger partial charge >= 0.3 is 0 Å². The number of nitrogens with one attached hydrogen (secondary N) is 2. The van der Waals surface area contributed by atoms with Crippen molar-refractivity contribution in [1.82, 2.24) is 4.72 Å². The summed E-state index contributed by atoms with van der Waals surface area (Å²) in [5.74, 6) is 0. The molecule has 84 valence electrons. The first-order valence-electron chi connectivity index (χ1n) is 4.66. The van der Waals surface area contributed by atoms with E-state index in [0.29, 0.717) is 17.9 Å². The molecule has 6 heteroatoms. The standard InChI is InChI=1S/C9H15N3O2S/c1-2-7-11-15(13,14)12-9-5-3-8(10)4-6-9/h3-6,11-12H,2,7,10H2,1H3. The molecule has 0 fully saturated rings. The predicted octanol–water partition coefficient (Wildman–Crippen LogP) is 0.925. The molecule has 0 aliphatic rings. The Kier molecular flexibility index (Phi) is 3.93. The number of nitrogen functional groups attached to an aromatic ring is 1. The number of nitrogens with two attached hydrogens (primary N) is 1. The van der Waals surface area contributed by atoms with Crippen molar-refractivity contribution in [3.63, 3.8) is 0 Å². The molecule has 0 aromatic heterocycles. The van der Waals surface area contributed by atoms with Gasteiger partial charge in [0, 0.05) is 17.9 Å². The molecule has 0 saturated heterocycles. The third-order valence-corrected chi connectivity index (χ3v) is 2.79. The van der Waals surface area contributed by atoms with E-state index in [1.54, 1.807) is 24.3 Å². The second kappa shape index (κ2) is 4.99. The summed E-state index contributed by atoms with van der Waals surface area (Å²) in [6.45, 7) is 2.32. The van der Waals surface area contributed by atoms with Gasteiger partial charge in [0.25, 0.3) is 10.2 Å². The first-order valence-corrected chi connectivity index (χ1v) is 6.15. The molecular weight excluding hydrogens is 214 g/mol. The lowest BCUT2D eigenvalue weighted by atomic mass is 10.3. The van der Waals surface area contributed by atoms with Crippen LogP contribution in [0.15, 0.2) is 24.3 Å². The molecule has 0 aliphatic carbocycles. The van der Waals surface area contributed by atoms with Crippen LogP contribution >= 0.6 is 0 Å². The Morgan fingerprint density at radius 1 is 1.27 bits per heavy atom. The highest BCUT2D eigenvalue weighted by Crippen LogP contribution is 2.11. The molecule has 0 bridgehead atoms. The maximum absolute atomic E-state index is 11.4. The molecule has 15 heavy (non-hydrogen) atoms. The minimum Gasteiger partial charge on any atom is -0.399 e. The van der Waals surface area contributed by atoms with Crippen LogP contribution in [0.1, 0.15) is 13.3 Å². The van der Waals surface area contributed by atoms with E-state index in [2.05, 4.69) is 9.44 Å². The largest absolute Gasteiger partial charge is 0.399 e. The van der Waals surface area contributed by atoms with Crippen LogP contribution in [0.2, 0.25) is 0 Å². The topological polar surface area (TPSA) is 84.2 Å². The molecule has 0 unspecified atom stereocenters. The molecular formula is C9H15N3O2S. The summed E-state index contributed by atoms with van der Waals surface area (Å²) in [6, 6.07) is 6.50. The third kappa shape index (κ3) is 4.18. The molecule has 5 nitrogen and oxygen atoms in total. The Morgan fingerprint density at radius 3 is 2.40 bits per heavy atom. The molecule has 0 amide bonds. The van der Waals surface area contributed by atoms with Crippen LogP contribution in [0.4, 0.5) is 11.4 Å². The smallest absolute Gasteiger partial charge is 0.299 e. The van der Waals surface area contributed by atoms with Crippen LogP contribution in [0.3, 0.4) is 0 Å². The van der Waals surface area contributed by atoms with Crippen LogP contribution in [-0.2, 0) is 10.2 Å². The van der Waals surface area contributed by atoms with E-state index >= 15 is 0 Å². The van der Waals surface area contributed by atoms with Gasteiger partial charge in [0.1, 0.15) is 0 Å². The van der Waals surface area contributed by atoms with E-state index in [1.165, 1.54) is 0 Å². The fourth-order valence-corrected chi connectivity index (χ4v) is 1.97. The van der Waals surface area contributed by atoms with E-state index in [0.717, 1.165) is 6.42 Å². The highest BCUT2D eigenvalue weighted by Gasteiger charge is 2.07. The third-order valence-electron chi connectivity index (χ3n) is 1.70. The summed E-state index contributed by atoms with van der Waals surface area (Å²) >= 11 is 0. The Hall–Kier alpha value is -1.27. The van der Waals surface area contributed by atoms with Gasteiger partial charge in [-0.05, 0) is 30.7 Å². The maximum Gasteiger partial charge on any atom is 0.299 e. The predicted molar refractivity (Wildman–Crippen MR) is 61.7 cm³/mol. The van der Waals surface area contributed by atoms with Crippen molar-refractivity contribution in [3.8, 4) is 0 Å². The van der Waals surface area contributed by atoms with Crippen LogP contribution in [0.5, 0.6) is 0 Å². The van der Waals surface area contributed by atoms with Gasteiger partial charge in [0.15, 0.2) is 0 Å². The molecule has 0 radical (unpaired) electrons. The van der Waals surface area contributed by atoms with Gasteiger partial charge < -0.3 is 5.73 Å². The van der Waals surface area contributed by atoms with Crippen molar-refractivity contribution in [2.75, 3.05) is 17.0 Å². The molecule has 0 aliphatic heterocycles. The Bertz CT molecular complexity index is 400. The lowest BCUT2D eigenvalue weighted by Crippen LogP contribution is -2.30. The van der Waals surface area contributed by atoms with Crippen LogP contribution < -0.4 is 15.2 Å². The van der Waals surface area contributed by atoms with Crippen LogP contribution in [0.25, 0.3) is 0 Å². The maximum atomic E-state index is 11.4. The highest BCUT2D eigenvalue weighted by atomic mass is 32.2. The number of benzene rings is 1. The molecule has 0 saturated carbocycles. The van der Waals surface area contributed by atoms with Gasteiger partial charge in [0.2, 0.25) is 0 Å². The number of rotatable bonds is 5. The van der Waals surface area contributed by atoms with Crippen LogP contribution in [-0.4, -0.2) is 15.0 Å². The van der Waals surface area contributed by atoms with Gasteiger partial charge in [-0.15, -0.1) is 0 Å².